The topological polar surface area (TPSA) is 57.6 Å². The van der Waals surface area contributed by atoms with Gasteiger partial charge in [-0.25, -0.2) is 0 Å². The van der Waals surface area contributed by atoms with Crippen LogP contribution in [0.2, 0.25) is 0 Å². The first-order valence-electron chi connectivity index (χ1n) is 6.98. The minimum Gasteiger partial charge on any atom is -0.481 e. The van der Waals surface area contributed by atoms with E-state index in [2.05, 4.69) is 31.2 Å². The Hall–Kier alpha value is -1.84. The fourth-order valence-corrected chi connectivity index (χ4v) is 2.01. The summed E-state index contributed by atoms with van der Waals surface area (Å²) in [5.41, 5.74) is 2.42. The molecule has 1 N–H and O–H groups in total. The maximum atomic E-state index is 12.0. The average molecular weight is 277 g/mol. The molecule has 1 atom stereocenters. The van der Waals surface area contributed by atoms with E-state index in [0.29, 0.717) is 6.42 Å². The molecule has 1 amide bonds. The van der Waals surface area contributed by atoms with E-state index in [-0.39, 0.29) is 24.8 Å². The minimum atomic E-state index is -0.882. The number of hydrogen-bond acceptors (Lipinski definition) is 2. The number of benzene rings is 1. The minimum absolute atomic E-state index is 0.0121. The zero-order valence-electron chi connectivity index (χ0n) is 12.4. The molecule has 4 heteroatoms. The molecular formula is C16H23NO3. The Kier molecular flexibility index (Phi) is 6.22. The van der Waals surface area contributed by atoms with Crippen molar-refractivity contribution in [3.63, 3.8) is 0 Å². The van der Waals surface area contributed by atoms with Gasteiger partial charge in [0.05, 0.1) is 6.42 Å². The molecule has 0 fully saturated rings. The molecule has 110 valence electrons. The Morgan fingerprint density at radius 2 is 1.85 bits per heavy atom. The molecule has 4 nitrogen and oxygen atoms in total. The highest BCUT2D eigenvalue weighted by Gasteiger charge is 2.15. The first-order valence-corrected chi connectivity index (χ1v) is 6.98. The van der Waals surface area contributed by atoms with Gasteiger partial charge in [0, 0.05) is 20.0 Å². The molecule has 1 unspecified atom stereocenters. The van der Waals surface area contributed by atoms with E-state index in [9.17, 15) is 9.59 Å². The summed E-state index contributed by atoms with van der Waals surface area (Å²) in [5, 5.41) is 8.62. The van der Waals surface area contributed by atoms with Gasteiger partial charge in [-0.1, -0.05) is 38.1 Å². The number of rotatable bonds is 7. The fraction of sp³-hybridized carbons (Fsp3) is 0.500. The van der Waals surface area contributed by atoms with E-state index in [0.717, 1.165) is 12.0 Å². The van der Waals surface area contributed by atoms with Crippen molar-refractivity contribution < 1.29 is 14.7 Å². The quantitative estimate of drug-likeness (QED) is 0.833. The number of nitrogens with zero attached hydrogens (tertiary/aromatic N) is 1. The van der Waals surface area contributed by atoms with Crippen molar-refractivity contribution in [2.75, 3.05) is 13.6 Å². The highest BCUT2D eigenvalue weighted by molar-refractivity contribution is 5.77. The number of aliphatic carboxylic acids is 1. The first kappa shape index (κ1) is 16.2. The third-order valence-corrected chi connectivity index (χ3v) is 3.52. The van der Waals surface area contributed by atoms with E-state index >= 15 is 0 Å². The van der Waals surface area contributed by atoms with Crippen LogP contribution in [0, 0.1) is 0 Å². The van der Waals surface area contributed by atoms with Gasteiger partial charge >= 0.3 is 5.97 Å². The molecule has 0 aliphatic rings. The van der Waals surface area contributed by atoms with Crippen LogP contribution in [0.5, 0.6) is 0 Å². The maximum Gasteiger partial charge on any atom is 0.305 e. The van der Waals surface area contributed by atoms with Crippen molar-refractivity contribution in [2.24, 2.45) is 0 Å². The largest absolute Gasteiger partial charge is 0.481 e. The van der Waals surface area contributed by atoms with Crippen molar-refractivity contribution in [3.05, 3.63) is 35.4 Å². The zero-order chi connectivity index (χ0) is 15.1. The summed E-state index contributed by atoms with van der Waals surface area (Å²) >= 11 is 0. The Bertz CT molecular complexity index is 453. The molecule has 0 saturated heterocycles. The smallest absolute Gasteiger partial charge is 0.305 e. The van der Waals surface area contributed by atoms with Crippen LogP contribution in [0.4, 0.5) is 0 Å². The summed E-state index contributed by atoms with van der Waals surface area (Å²) in [6.07, 6.45) is 1.40. The second-order valence-corrected chi connectivity index (χ2v) is 5.16. The fourth-order valence-electron chi connectivity index (χ4n) is 2.01. The predicted octanol–water partition coefficient (Wildman–Crippen LogP) is 2.68. The van der Waals surface area contributed by atoms with Gasteiger partial charge in [0.25, 0.3) is 0 Å². The number of amides is 1. The van der Waals surface area contributed by atoms with E-state index in [1.807, 2.05) is 6.92 Å². The zero-order valence-corrected chi connectivity index (χ0v) is 12.4. The van der Waals surface area contributed by atoms with Crippen LogP contribution >= 0.6 is 0 Å². The summed E-state index contributed by atoms with van der Waals surface area (Å²) in [6.45, 7) is 4.39. The Morgan fingerprint density at radius 1 is 1.25 bits per heavy atom. The van der Waals surface area contributed by atoms with Crippen molar-refractivity contribution in [3.8, 4) is 0 Å². The monoisotopic (exact) mass is 277 g/mol. The van der Waals surface area contributed by atoms with E-state index < -0.39 is 5.97 Å². The molecule has 1 aromatic carbocycles. The number of carbonyl (C=O) groups excluding carboxylic acids is 1. The molecule has 1 rings (SSSR count). The lowest BCUT2D eigenvalue weighted by Crippen LogP contribution is -2.29. The molecule has 0 bridgehead atoms. The summed E-state index contributed by atoms with van der Waals surface area (Å²) in [5.74, 6) is -0.758. The van der Waals surface area contributed by atoms with E-state index in [4.69, 9.17) is 5.11 Å². The van der Waals surface area contributed by atoms with Crippen molar-refractivity contribution in [1.29, 1.82) is 0 Å². The van der Waals surface area contributed by atoms with E-state index in [1.165, 1.54) is 10.5 Å². The summed E-state index contributed by atoms with van der Waals surface area (Å²) in [6, 6.07) is 8.30. The second kappa shape index (κ2) is 7.68. The van der Waals surface area contributed by atoms with Crippen molar-refractivity contribution in [1.82, 2.24) is 4.90 Å². The Labute approximate surface area is 120 Å². The molecular weight excluding hydrogens is 254 g/mol. The molecule has 0 radical (unpaired) electrons. The molecule has 0 aliphatic heterocycles. The molecule has 0 aliphatic carbocycles. The van der Waals surface area contributed by atoms with E-state index in [1.54, 1.807) is 7.05 Å². The van der Waals surface area contributed by atoms with Gasteiger partial charge in [0.2, 0.25) is 5.91 Å². The summed E-state index contributed by atoms with van der Waals surface area (Å²) < 4.78 is 0. The summed E-state index contributed by atoms with van der Waals surface area (Å²) in [7, 11) is 1.65. The van der Waals surface area contributed by atoms with Gasteiger partial charge in [-0.05, 0) is 23.5 Å². The number of carboxylic acid groups (broad SMARTS) is 1. The highest BCUT2D eigenvalue weighted by Crippen LogP contribution is 2.20. The third-order valence-electron chi connectivity index (χ3n) is 3.52. The lowest BCUT2D eigenvalue weighted by atomic mass is 9.96. The van der Waals surface area contributed by atoms with Crippen LogP contribution in [0.3, 0.4) is 0 Å². The molecule has 20 heavy (non-hydrogen) atoms. The summed E-state index contributed by atoms with van der Waals surface area (Å²) in [4.78, 5) is 24.0. The van der Waals surface area contributed by atoms with Crippen LogP contribution in [-0.4, -0.2) is 35.5 Å². The van der Waals surface area contributed by atoms with Crippen LogP contribution in [0.25, 0.3) is 0 Å². The number of carboxylic acids is 1. The number of carbonyl (C=O) groups is 2. The van der Waals surface area contributed by atoms with Gasteiger partial charge in [-0.2, -0.15) is 0 Å². The van der Waals surface area contributed by atoms with Crippen LogP contribution in [0.15, 0.2) is 24.3 Å². The molecule has 0 saturated carbocycles. The highest BCUT2D eigenvalue weighted by atomic mass is 16.4. The number of aryl methyl sites for hydroxylation is 1. The Balaban J connectivity index is 2.53. The van der Waals surface area contributed by atoms with Crippen molar-refractivity contribution >= 4 is 11.9 Å². The maximum absolute atomic E-state index is 12.0. The van der Waals surface area contributed by atoms with Gasteiger partial charge in [-0.15, -0.1) is 0 Å². The Morgan fingerprint density at radius 3 is 2.35 bits per heavy atom. The van der Waals surface area contributed by atoms with Gasteiger partial charge in [0.1, 0.15) is 0 Å². The van der Waals surface area contributed by atoms with Gasteiger partial charge in [-0.3, -0.25) is 9.59 Å². The van der Waals surface area contributed by atoms with Gasteiger partial charge < -0.3 is 10.0 Å². The van der Waals surface area contributed by atoms with Crippen LogP contribution in [0.1, 0.15) is 43.7 Å². The van der Waals surface area contributed by atoms with Crippen molar-refractivity contribution in [2.45, 2.75) is 39.0 Å². The lowest BCUT2D eigenvalue weighted by Gasteiger charge is -2.19. The van der Waals surface area contributed by atoms with Crippen LogP contribution in [-0.2, 0) is 16.0 Å². The predicted molar refractivity (Wildman–Crippen MR) is 78.7 cm³/mol. The first-order chi connectivity index (χ1) is 9.43. The number of hydrogen-bond donors (Lipinski definition) is 1. The molecule has 0 heterocycles. The average Bonchev–Trinajstić information content (AvgIpc) is 2.44. The SMILES string of the molecule is CCc1ccc(C(C)CC(=O)N(C)CCC(=O)O)cc1. The third kappa shape index (κ3) is 5.03. The second-order valence-electron chi connectivity index (χ2n) is 5.16. The standard InChI is InChI=1S/C16H23NO3/c1-4-13-5-7-14(8-6-13)12(2)11-15(18)17(3)10-9-16(19)20/h5-8,12H,4,9-11H2,1-3H3,(H,19,20). The molecule has 0 aromatic heterocycles. The van der Waals surface area contributed by atoms with Crippen LogP contribution < -0.4 is 0 Å². The van der Waals surface area contributed by atoms with Gasteiger partial charge in [0.15, 0.2) is 0 Å². The lowest BCUT2D eigenvalue weighted by molar-refractivity contribution is -0.138. The molecule has 0 spiro atoms. The normalized spacial score (nSPS) is 11.9. The molecule has 1 aromatic rings.